The Morgan fingerprint density at radius 2 is 2.04 bits per heavy atom. The number of methoxy groups -OCH3 is 2. The van der Waals surface area contributed by atoms with Crippen molar-refractivity contribution in [3.05, 3.63) is 53.6 Å². The predicted molar refractivity (Wildman–Crippen MR) is 90.7 cm³/mol. The molecular weight excluding hydrogens is 306 g/mol. The van der Waals surface area contributed by atoms with Crippen molar-refractivity contribution < 1.29 is 19.0 Å². The SMILES string of the molecule is COc1ccc(CC(=O)N[C@@H]2CCOc3ccccc32)c(OC)c1. The van der Waals surface area contributed by atoms with Crippen molar-refractivity contribution in [2.75, 3.05) is 20.8 Å². The van der Waals surface area contributed by atoms with Crippen molar-refractivity contribution >= 4 is 5.91 Å². The summed E-state index contributed by atoms with van der Waals surface area (Å²) in [5.74, 6) is 2.16. The minimum absolute atomic E-state index is 0.0216. The van der Waals surface area contributed by atoms with E-state index < -0.39 is 0 Å². The van der Waals surface area contributed by atoms with Gasteiger partial charge >= 0.3 is 0 Å². The van der Waals surface area contributed by atoms with Crippen LogP contribution in [-0.4, -0.2) is 26.7 Å². The van der Waals surface area contributed by atoms with Crippen LogP contribution in [0.15, 0.2) is 42.5 Å². The first-order valence-electron chi connectivity index (χ1n) is 7.93. The summed E-state index contributed by atoms with van der Waals surface area (Å²) in [4.78, 5) is 12.5. The van der Waals surface area contributed by atoms with Crippen molar-refractivity contribution in [1.82, 2.24) is 5.32 Å². The average Bonchev–Trinajstić information content (AvgIpc) is 2.62. The highest BCUT2D eigenvalue weighted by atomic mass is 16.5. The third-order valence-electron chi connectivity index (χ3n) is 4.14. The highest BCUT2D eigenvalue weighted by molar-refractivity contribution is 5.80. The number of hydrogen-bond donors (Lipinski definition) is 1. The number of nitrogens with one attached hydrogen (secondary N) is 1. The third kappa shape index (κ3) is 3.45. The van der Waals surface area contributed by atoms with Crippen molar-refractivity contribution in [3.8, 4) is 17.2 Å². The summed E-state index contributed by atoms with van der Waals surface area (Å²) in [5, 5.41) is 3.10. The first-order chi connectivity index (χ1) is 11.7. The van der Waals surface area contributed by atoms with E-state index in [1.165, 1.54) is 0 Å². The summed E-state index contributed by atoms with van der Waals surface area (Å²) in [6.07, 6.45) is 1.02. The van der Waals surface area contributed by atoms with Crippen LogP contribution in [0.3, 0.4) is 0 Å². The van der Waals surface area contributed by atoms with Gasteiger partial charge in [0.1, 0.15) is 17.2 Å². The highest BCUT2D eigenvalue weighted by Crippen LogP contribution is 2.32. The number of hydrogen-bond acceptors (Lipinski definition) is 4. The molecule has 0 saturated heterocycles. The van der Waals surface area contributed by atoms with Gasteiger partial charge in [0, 0.05) is 23.6 Å². The zero-order valence-corrected chi connectivity index (χ0v) is 13.9. The fourth-order valence-corrected chi connectivity index (χ4v) is 2.91. The number of carbonyl (C=O) groups is 1. The van der Waals surface area contributed by atoms with Gasteiger partial charge in [-0.1, -0.05) is 24.3 Å². The van der Waals surface area contributed by atoms with Crippen molar-refractivity contribution in [1.29, 1.82) is 0 Å². The van der Waals surface area contributed by atoms with Gasteiger partial charge in [0.05, 0.1) is 33.3 Å². The monoisotopic (exact) mass is 327 g/mol. The summed E-state index contributed by atoms with van der Waals surface area (Å²) in [7, 11) is 3.19. The molecule has 0 saturated carbocycles. The molecule has 0 unspecified atom stereocenters. The van der Waals surface area contributed by atoms with Gasteiger partial charge in [-0.25, -0.2) is 0 Å². The molecule has 0 bridgehead atoms. The molecule has 126 valence electrons. The molecule has 0 spiro atoms. The van der Waals surface area contributed by atoms with E-state index in [1.807, 2.05) is 36.4 Å². The molecule has 5 heteroatoms. The Bertz CT molecular complexity index is 729. The van der Waals surface area contributed by atoms with Gasteiger partial charge in [0.15, 0.2) is 0 Å². The van der Waals surface area contributed by atoms with Crippen LogP contribution in [0.4, 0.5) is 0 Å². The molecule has 0 aliphatic carbocycles. The lowest BCUT2D eigenvalue weighted by molar-refractivity contribution is -0.121. The first-order valence-corrected chi connectivity index (χ1v) is 7.93. The van der Waals surface area contributed by atoms with Gasteiger partial charge in [-0.15, -0.1) is 0 Å². The van der Waals surface area contributed by atoms with E-state index >= 15 is 0 Å². The Hall–Kier alpha value is -2.69. The largest absolute Gasteiger partial charge is 0.497 e. The molecule has 3 rings (SSSR count). The molecule has 5 nitrogen and oxygen atoms in total. The summed E-state index contributed by atoms with van der Waals surface area (Å²) in [6, 6.07) is 13.3. The zero-order valence-electron chi connectivity index (χ0n) is 13.9. The zero-order chi connectivity index (χ0) is 16.9. The van der Waals surface area contributed by atoms with Gasteiger partial charge in [0.2, 0.25) is 5.91 Å². The standard InChI is InChI=1S/C19H21NO4/c1-22-14-8-7-13(18(12-14)23-2)11-19(21)20-16-9-10-24-17-6-4-3-5-15(16)17/h3-8,12,16H,9-11H2,1-2H3,(H,20,21)/t16-/m1/s1. The van der Waals surface area contributed by atoms with E-state index in [9.17, 15) is 4.79 Å². The van der Waals surface area contributed by atoms with Gasteiger partial charge < -0.3 is 19.5 Å². The van der Waals surface area contributed by atoms with E-state index in [2.05, 4.69) is 5.32 Å². The summed E-state index contributed by atoms with van der Waals surface area (Å²) in [6.45, 7) is 0.605. The second-order valence-corrected chi connectivity index (χ2v) is 5.65. The van der Waals surface area contributed by atoms with Gasteiger partial charge in [0.25, 0.3) is 0 Å². The maximum Gasteiger partial charge on any atom is 0.225 e. The Kier molecular flexibility index (Phi) is 4.89. The smallest absolute Gasteiger partial charge is 0.225 e. The van der Waals surface area contributed by atoms with Crippen molar-refractivity contribution in [2.24, 2.45) is 0 Å². The fourth-order valence-electron chi connectivity index (χ4n) is 2.91. The minimum atomic E-state index is -0.0415. The predicted octanol–water partition coefficient (Wildman–Crippen LogP) is 2.89. The molecule has 1 N–H and O–H groups in total. The topological polar surface area (TPSA) is 56.8 Å². The third-order valence-corrected chi connectivity index (χ3v) is 4.14. The summed E-state index contributed by atoms with van der Waals surface area (Å²) < 4.78 is 16.2. The summed E-state index contributed by atoms with van der Waals surface area (Å²) in [5.41, 5.74) is 1.86. The van der Waals surface area contributed by atoms with E-state index in [0.717, 1.165) is 23.3 Å². The molecule has 1 heterocycles. The highest BCUT2D eigenvalue weighted by Gasteiger charge is 2.23. The molecule has 0 fully saturated rings. The fraction of sp³-hybridized carbons (Fsp3) is 0.316. The Balaban J connectivity index is 1.71. The molecule has 2 aromatic carbocycles. The minimum Gasteiger partial charge on any atom is -0.497 e. The maximum atomic E-state index is 12.5. The molecule has 0 radical (unpaired) electrons. The normalized spacial score (nSPS) is 15.8. The molecule has 0 aromatic heterocycles. The first kappa shape index (κ1) is 16.2. The second-order valence-electron chi connectivity index (χ2n) is 5.65. The number of benzene rings is 2. The van der Waals surface area contributed by atoms with Crippen LogP contribution in [0.1, 0.15) is 23.6 Å². The van der Waals surface area contributed by atoms with E-state index in [4.69, 9.17) is 14.2 Å². The lowest BCUT2D eigenvalue weighted by Crippen LogP contribution is -2.33. The second kappa shape index (κ2) is 7.25. The number of para-hydroxylation sites is 1. The lowest BCUT2D eigenvalue weighted by Gasteiger charge is -2.26. The van der Waals surface area contributed by atoms with Crippen LogP contribution in [0.25, 0.3) is 0 Å². The molecule has 1 amide bonds. The quantitative estimate of drug-likeness (QED) is 0.917. The molecule has 1 atom stereocenters. The number of rotatable bonds is 5. The van der Waals surface area contributed by atoms with E-state index in [-0.39, 0.29) is 18.4 Å². The number of carbonyl (C=O) groups excluding carboxylic acids is 1. The number of amides is 1. The van der Waals surface area contributed by atoms with Gasteiger partial charge in [-0.2, -0.15) is 0 Å². The lowest BCUT2D eigenvalue weighted by atomic mass is 10.00. The molecular formula is C19H21NO4. The summed E-state index contributed by atoms with van der Waals surface area (Å²) >= 11 is 0. The van der Waals surface area contributed by atoms with Crippen LogP contribution < -0.4 is 19.5 Å². The average molecular weight is 327 g/mol. The van der Waals surface area contributed by atoms with Crippen LogP contribution in [0.5, 0.6) is 17.2 Å². The van der Waals surface area contributed by atoms with Crippen molar-refractivity contribution in [2.45, 2.75) is 18.9 Å². The molecule has 1 aliphatic rings. The Labute approximate surface area is 141 Å². The van der Waals surface area contributed by atoms with Crippen molar-refractivity contribution in [3.63, 3.8) is 0 Å². The van der Waals surface area contributed by atoms with Gasteiger partial charge in [-0.05, 0) is 12.1 Å². The number of fused-ring (bicyclic) bond motifs is 1. The van der Waals surface area contributed by atoms with E-state index in [0.29, 0.717) is 18.1 Å². The van der Waals surface area contributed by atoms with Crippen LogP contribution >= 0.6 is 0 Å². The molecule has 24 heavy (non-hydrogen) atoms. The maximum absolute atomic E-state index is 12.5. The number of ether oxygens (including phenoxy) is 3. The Morgan fingerprint density at radius 3 is 2.83 bits per heavy atom. The van der Waals surface area contributed by atoms with Gasteiger partial charge in [-0.3, -0.25) is 4.79 Å². The van der Waals surface area contributed by atoms with E-state index in [1.54, 1.807) is 20.3 Å². The van der Waals surface area contributed by atoms with Crippen LogP contribution in [0.2, 0.25) is 0 Å². The molecule has 1 aliphatic heterocycles. The molecule has 2 aromatic rings. The van der Waals surface area contributed by atoms with Crippen LogP contribution in [0, 0.1) is 0 Å². The Morgan fingerprint density at radius 1 is 1.21 bits per heavy atom. The van der Waals surface area contributed by atoms with Crippen LogP contribution in [-0.2, 0) is 11.2 Å².